The first kappa shape index (κ1) is 19.0. The first-order valence-electron chi connectivity index (χ1n) is 10.0. The predicted molar refractivity (Wildman–Crippen MR) is 112 cm³/mol. The van der Waals surface area contributed by atoms with Gasteiger partial charge in [-0.15, -0.1) is 11.3 Å². The average molecular weight is 396 g/mol. The number of aryl methyl sites for hydroxylation is 1. The number of nitrogens with zero attached hydrogens (tertiary/aromatic N) is 3. The Labute approximate surface area is 168 Å². The fraction of sp³-hybridized carbons (Fsp3) is 0.455. The highest BCUT2D eigenvalue weighted by Gasteiger charge is 2.27. The van der Waals surface area contributed by atoms with Crippen LogP contribution in [-0.2, 0) is 11.2 Å². The normalized spacial score (nSPS) is 16.3. The van der Waals surface area contributed by atoms with Crippen LogP contribution in [0, 0.1) is 12.8 Å². The van der Waals surface area contributed by atoms with E-state index in [0.29, 0.717) is 23.2 Å². The number of fused-ring (bicyclic) bond motifs is 1. The Morgan fingerprint density at radius 1 is 1.25 bits per heavy atom. The van der Waals surface area contributed by atoms with Crippen LogP contribution in [0.25, 0.3) is 10.9 Å². The molecule has 0 saturated heterocycles. The summed E-state index contributed by atoms with van der Waals surface area (Å²) in [6.45, 7) is 1.95. The van der Waals surface area contributed by atoms with Gasteiger partial charge in [-0.2, -0.15) is 0 Å². The molecule has 0 spiro atoms. The van der Waals surface area contributed by atoms with Crippen molar-refractivity contribution in [3.8, 4) is 0 Å². The monoisotopic (exact) mass is 395 g/mol. The van der Waals surface area contributed by atoms with Gasteiger partial charge in [0.15, 0.2) is 5.78 Å². The lowest BCUT2D eigenvalue weighted by molar-refractivity contribution is -0.122. The summed E-state index contributed by atoms with van der Waals surface area (Å²) >= 11 is 1.48. The predicted octanol–water partition coefficient (Wildman–Crippen LogP) is 4.48. The number of thiazole rings is 1. The minimum absolute atomic E-state index is 0.0522. The van der Waals surface area contributed by atoms with E-state index in [1.54, 1.807) is 23.2 Å². The molecule has 1 unspecified atom stereocenters. The molecule has 0 aliphatic heterocycles. The zero-order valence-electron chi connectivity index (χ0n) is 16.1. The van der Waals surface area contributed by atoms with Crippen LogP contribution in [-0.4, -0.2) is 20.3 Å². The molecule has 6 heteroatoms. The van der Waals surface area contributed by atoms with Crippen molar-refractivity contribution in [1.29, 1.82) is 0 Å². The van der Waals surface area contributed by atoms with E-state index in [1.807, 2.05) is 24.4 Å². The molecule has 0 N–H and O–H groups in total. The number of benzene rings is 1. The molecule has 1 fully saturated rings. The van der Waals surface area contributed by atoms with Crippen molar-refractivity contribution in [3.05, 3.63) is 57.0 Å². The first-order valence-corrected chi connectivity index (χ1v) is 10.9. The third kappa shape index (κ3) is 3.92. The quantitative estimate of drug-likeness (QED) is 0.617. The number of para-hydroxylation sites is 1. The second-order valence-corrected chi connectivity index (χ2v) is 8.73. The van der Waals surface area contributed by atoms with Gasteiger partial charge in [-0.1, -0.05) is 44.2 Å². The molecule has 0 radical (unpaired) electrons. The van der Waals surface area contributed by atoms with Crippen LogP contribution in [0.15, 0.2) is 40.9 Å². The van der Waals surface area contributed by atoms with Crippen LogP contribution in [0.5, 0.6) is 0 Å². The topological polar surface area (TPSA) is 64.8 Å². The number of rotatable bonds is 6. The van der Waals surface area contributed by atoms with E-state index >= 15 is 0 Å². The summed E-state index contributed by atoms with van der Waals surface area (Å²) in [6, 6.07) is 5.15. The molecular weight excluding hydrogens is 370 g/mol. The van der Waals surface area contributed by atoms with Crippen LogP contribution < -0.4 is 5.56 Å². The van der Waals surface area contributed by atoms with E-state index < -0.39 is 6.04 Å². The highest BCUT2D eigenvalue weighted by Crippen LogP contribution is 2.31. The second kappa shape index (κ2) is 8.35. The molecule has 1 aliphatic carbocycles. The van der Waals surface area contributed by atoms with Crippen molar-refractivity contribution in [3.63, 3.8) is 0 Å². The Morgan fingerprint density at radius 2 is 2.07 bits per heavy atom. The Bertz CT molecular complexity index is 1020. The van der Waals surface area contributed by atoms with E-state index in [9.17, 15) is 9.59 Å². The van der Waals surface area contributed by atoms with E-state index in [-0.39, 0.29) is 17.8 Å². The van der Waals surface area contributed by atoms with Crippen molar-refractivity contribution >= 4 is 28.0 Å². The third-order valence-corrected chi connectivity index (χ3v) is 6.59. The van der Waals surface area contributed by atoms with Gasteiger partial charge in [-0.05, 0) is 30.9 Å². The number of Topliss-reactive ketones (excluding diaryl/α,β-unsaturated/α-hetero) is 1. The van der Waals surface area contributed by atoms with Crippen LogP contribution in [0.2, 0.25) is 0 Å². The van der Waals surface area contributed by atoms with Gasteiger partial charge in [0.05, 0.1) is 34.7 Å². The Hall–Kier alpha value is -2.34. The third-order valence-electron chi connectivity index (χ3n) is 5.81. The molecule has 2 aromatic heterocycles. The van der Waals surface area contributed by atoms with Gasteiger partial charge in [0.1, 0.15) is 0 Å². The SMILES string of the molecule is Cc1cccc2c(=O)n(C(CC3CCCCC3)C(=O)Cc3nccs3)cnc12. The summed E-state index contributed by atoms with van der Waals surface area (Å²) in [6.07, 6.45) is 10.2. The summed E-state index contributed by atoms with van der Waals surface area (Å²) < 4.78 is 1.58. The van der Waals surface area contributed by atoms with Crippen LogP contribution >= 0.6 is 11.3 Å². The van der Waals surface area contributed by atoms with Crippen LogP contribution in [0.3, 0.4) is 0 Å². The van der Waals surface area contributed by atoms with Gasteiger partial charge < -0.3 is 0 Å². The van der Waals surface area contributed by atoms with Gasteiger partial charge in [0.25, 0.3) is 5.56 Å². The Kier molecular flexibility index (Phi) is 5.67. The standard InChI is InChI=1S/C22H25N3O2S/c1-15-6-5-9-17-21(15)24-14-25(22(17)27)18(12-16-7-3-2-4-8-16)19(26)13-20-23-10-11-28-20/h5-6,9-11,14,16,18H,2-4,7-8,12-13H2,1H3. The maximum absolute atomic E-state index is 13.2. The maximum Gasteiger partial charge on any atom is 0.261 e. The number of carbonyl (C=O) groups is 1. The summed E-state index contributed by atoms with van der Waals surface area (Å²) in [7, 11) is 0. The number of hydrogen-bond acceptors (Lipinski definition) is 5. The molecule has 3 aromatic rings. The van der Waals surface area contributed by atoms with E-state index in [0.717, 1.165) is 23.4 Å². The molecule has 2 heterocycles. The fourth-order valence-corrected chi connectivity index (χ4v) is 4.91. The molecule has 5 nitrogen and oxygen atoms in total. The summed E-state index contributed by atoms with van der Waals surface area (Å²) in [4.78, 5) is 35.2. The van der Waals surface area contributed by atoms with Crippen molar-refractivity contribution in [1.82, 2.24) is 14.5 Å². The number of ketones is 1. The second-order valence-electron chi connectivity index (χ2n) is 7.75. The molecule has 1 aliphatic rings. The van der Waals surface area contributed by atoms with Gasteiger partial charge in [0, 0.05) is 11.6 Å². The van der Waals surface area contributed by atoms with Crippen LogP contribution in [0.1, 0.15) is 55.1 Å². The molecule has 0 amide bonds. The first-order chi connectivity index (χ1) is 13.6. The smallest absolute Gasteiger partial charge is 0.261 e. The van der Waals surface area contributed by atoms with Crippen molar-refractivity contribution < 1.29 is 4.79 Å². The number of aromatic nitrogens is 3. The van der Waals surface area contributed by atoms with Gasteiger partial charge >= 0.3 is 0 Å². The average Bonchev–Trinajstić information content (AvgIpc) is 3.21. The van der Waals surface area contributed by atoms with E-state index in [4.69, 9.17) is 0 Å². The summed E-state index contributed by atoms with van der Waals surface area (Å²) in [5, 5.41) is 3.26. The summed E-state index contributed by atoms with van der Waals surface area (Å²) in [5.41, 5.74) is 1.56. The Morgan fingerprint density at radius 3 is 2.82 bits per heavy atom. The lowest BCUT2D eigenvalue weighted by atomic mass is 9.83. The summed E-state index contributed by atoms with van der Waals surface area (Å²) in [5.74, 6) is 0.538. The number of hydrogen-bond donors (Lipinski definition) is 0. The minimum Gasteiger partial charge on any atom is -0.297 e. The molecular formula is C22H25N3O2S. The largest absolute Gasteiger partial charge is 0.297 e. The van der Waals surface area contributed by atoms with E-state index in [1.165, 1.54) is 30.6 Å². The molecule has 28 heavy (non-hydrogen) atoms. The van der Waals surface area contributed by atoms with Crippen LogP contribution in [0.4, 0.5) is 0 Å². The Balaban J connectivity index is 1.71. The lowest BCUT2D eigenvalue weighted by Crippen LogP contribution is -2.33. The molecule has 1 aromatic carbocycles. The zero-order valence-corrected chi connectivity index (χ0v) is 17.0. The van der Waals surface area contributed by atoms with Gasteiger partial charge in [-0.25, -0.2) is 9.97 Å². The molecule has 146 valence electrons. The van der Waals surface area contributed by atoms with Crippen molar-refractivity contribution in [2.75, 3.05) is 0 Å². The molecule has 4 rings (SSSR count). The molecule has 1 atom stereocenters. The van der Waals surface area contributed by atoms with Gasteiger partial charge in [-0.3, -0.25) is 14.2 Å². The molecule has 0 bridgehead atoms. The van der Waals surface area contributed by atoms with Crippen molar-refractivity contribution in [2.45, 2.75) is 57.9 Å². The fourth-order valence-electron chi connectivity index (χ4n) is 4.28. The maximum atomic E-state index is 13.2. The van der Waals surface area contributed by atoms with Gasteiger partial charge in [0.2, 0.25) is 0 Å². The highest BCUT2D eigenvalue weighted by atomic mass is 32.1. The highest BCUT2D eigenvalue weighted by molar-refractivity contribution is 7.09. The van der Waals surface area contributed by atoms with Crippen molar-refractivity contribution in [2.24, 2.45) is 5.92 Å². The molecule has 1 saturated carbocycles. The zero-order chi connectivity index (χ0) is 19.5. The minimum atomic E-state index is -0.475. The van der Waals surface area contributed by atoms with E-state index in [2.05, 4.69) is 9.97 Å². The number of carbonyl (C=O) groups excluding carboxylic acids is 1. The lowest BCUT2D eigenvalue weighted by Gasteiger charge is -2.27.